The monoisotopic (exact) mass is 184 g/mol. The summed E-state index contributed by atoms with van der Waals surface area (Å²) in [4.78, 5) is 10.9. The maximum absolute atomic E-state index is 10.9. The van der Waals surface area contributed by atoms with E-state index in [1.54, 1.807) is 0 Å². The van der Waals surface area contributed by atoms with Gasteiger partial charge in [0.05, 0.1) is 0 Å². The van der Waals surface area contributed by atoms with Gasteiger partial charge in [-0.25, -0.2) is 0 Å². The SMILES string of the molecule is C=CC(=O)NCC(C)(C)C(C)(C)N. The summed E-state index contributed by atoms with van der Waals surface area (Å²) in [6, 6.07) is 0. The zero-order valence-electron chi connectivity index (χ0n) is 8.98. The first-order valence-corrected chi connectivity index (χ1v) is 4.40. The van der Waals surface area contributed by atoms with E-state index in [-0.39, 0.29) is 16.9 Å². The van der Waals surface area contributed by atoms with Gasteiger partial charge in [-0.1, -0.05) is 20.4 Å². The largest absolute Gasteiger partial charge is 0.352 e. The minimum Gasteiger partial charge on any atom is -0.352 e. The van der Waals surface area contributed by atoms with Crippen LogP contribution in [-0.2, 0) is 4.79 Å². The molecule has 0 spiro atoms. The first-order valence-electron chi connectivity index (χ1n) is 4.40. The fourth-order valence-corrected chi connectivity index (χ4v) is 0.608. The van der Waals surface area contributed by atoms with Crippen LogP contribution in [0.4, 0.5) is 0 Å². The number of hydrogen-bond acceptors (Lipinski definition) is 2. The number of hydrogen-bond donors (Lipinski definition) is 2. The summed E-state index contributed by atoms with van der Waals surface area (Å²) in [6.45, 7) is 11.9. The standard InChI is InChI=1S/C10H20N2O/c1-6-8(13)12-7-9(2,3)10(4,5)11/h6H,1,7,11H2,2-5H3,(H,12,13). The van der Waals surface area contributed by atoms with Gasteiger partial charge in [0.2, 0.25) is 5.91 Å². The quantitative estimate of drug-likeness (QED) is 0.642. The summed E-state index contributed by atoms with van der Waals surface area (Å²) in [7, 11) is 0. The van der Waals surface area contributed by atoms with E-state index in [1.165, 1.54) is 6.08 Å². The zero-order chi connectivity index (χ0) is 10.7. The summed E-state index contributed by atoms with van der Waals surface area (Å²) in [5.74, 6) is -0.155. The molecule has 0 aliphatic heterocycles. The molecule has 3 heteroatoms. The Morgan fingerprint density at radius 2 is 1.92 bits per heavy atom. The second-order valence-corrected chi connectivity index (χ2v) is 4.53. The van der Waals surface area contributed by atoms with Crippen molar-refractivity contribution in [2.24, 2.45) is 11.1 Å². The van der Waals surface area contributed by atoms with Crippen molar-refractivity contribution >= 4 is 5.91 Å². The second-order valence-electron chi connectivity index (χ2n) is 4.53. The van der Waals surface area contributed by atoms with Gasteiger partial charge in [-0.15, -0.1) is 0 Å². The Bertz CT molecular complexity index is 201. The Labute approximate surface area is 80.4 Å². The van der Waals surface area contributed by atoms with Gasteiger partial charge in [-0.05, 0) is 25.3 Å². The molecule has 0 aliphatic carbocycles. The normalized spacial score (nSPS) is 12.4. The maximum Gasteiger partial charge on any atom is 0.243 e. The number of carbonyl (C=O) groups is 1. The van der Waals surface area contributed by atoms with Gasteiger partial charge in [-0.2, -0.15) is 0 Å². The Morgan fingerprint density at radius 3 is 2.23 bits per heavy atom. The van der Waals surface area contributed by atoms with Crippen molar-refractivity contribution in [1.29, 1.82) is 0 Å². The average molecular weight is 184 g/mol. The van der Waals surface area contributed by atoms with Crippen LogP contribution in [0.5, 0.6) is 0 Å². The van der Waals surface area contributed by atoms with E-state index in [9.17, 15) is 4.79 Å². The molecule has 0 rings (SSSR count). The fraction of sp³-hybridized carbons (Fsp3) is 0.700. The molecule has 0 radical (unpaired) electrons. The average Bonchev–Trinajstić information content (AvgIpc) is 1.98. The molecule has 0 atom stereocenters. The highest BCUT2D eigenvalue weighted by atomic mass is 16.1. The lowest BCUT2D eigenvalue weighted by molar-refractivity contribution is -0.117. The molecule has 0 unspecified atom stereocenters. The highest BCUT2D eigenvalue weighted by molar-refractivity contribution is 5.86. The third kappa shape index (κ3) is 3.59. The lowest BCUT2D eigenvalue weighted by atomic mass is 9.75. The van der Waals surface area contributed by atoms with E-state index in [0.717, 1.165) is 0 Å². The lowest BCUT2D eigenvalue weighted by Crippen LogP contribution is -2.52. The van der Waals surface area contributed by atoms with Gasteiger partial charge in [0, 0.05) is 12.1 Å². The Morgan fingerprint density at radius 1 is 1.46 bits per heavy atom. The zero-order valence-corrected chi connectivity index (χ0v) is 8.98. The van der Waals surface area contributed by atoms with E-state index < -0.39 is 0 Å². The first-order chi connectivity index (χ1) is 5.70. The predicted octanol–water partition coefficient (Wildman–Crippen LogP) is 1.05. The van der Waals surface area contributed by atoms with Crippen molar-refractivity contribution in [3.63, 3.8) is 0 Å². The van der Waals surface area contributed by atoms with Gasteiger partial charge in [0.1, 0.15) is 0 Å². The molecule has 0 saturated carbocycles. The third-order valence-electron chi connectivity index (χ3n) is 2.63. The lowest BCUT2D eigenvalue weighted by Gasteiger charge is -2.38. The topological polar surface area (TPSA) is 55.1 Å². The molecule has 0 heterocycles. The van der Waals surface area contributed by atoms with E-state index >= 15 is 0 Å². The van der Waals surface area contributed by atoms with Gasteiger partial charge < -0.3 is 11.1 Å². The van der Waals surface area contributed by atoms with Gasteiger partial charge in [-0.3, -0.25) is 4.79 Å². The Hall–Kier alpha value is -0.830. The minimum absolute atomic E-state index is 0.133. The molecule has 0 bridgehead atoms. The molecular weight excluding hydrogens is 164 g/mol. The molecule has 0 aromatic rings. The molecule has 0 fully saturated rings. The summed E-state index contributed by atoms with van der Waals surface area (Å²) < 4.78 is 0. The van der Waals surface area contributed by atoms with Crippen LogP contribution >= 0.6 is 0 Å². The molecule has 76 valence electrons. The van der Waals surface area contributed by atoms with Crippen molar-refractivity contribution in [2.75, 3.05) is 6.54 Å². The Kier molecular flexibility index (Phi) is 3.67. The third-order valence-corrected chi connectivity index (χ3v) is 2.63. The summed E-state index contributed by atoms with van der Waals surface area (Å²) in [5.41, 5.74) is 5.51. The molecular formula is C10H20N2O. The van der Waals surface area contributed by atoms with Gasteiger partial charge in [0.15, 0.2) is 0 Å². The fourth-order valence-electron chi connectivity index (χ4n) is 0.608. The van der Waals surface area contributed by atoms with Crippen LogP contribution in [0.15, 0.2) is 12.7 Å². The number of nitrogens with two attached hydrogens (primary N) is 1. The van der Waals surface area contributed by atoms with Crippen LogP contribution in [0.3, 0.4) is 0 Å². The summed E-state index contributed by atoms with van der Waals surface area (Å²) >= 11 is 0. The van der Waals surface area contributed by atoms with Crippen LogP contribution in [0.2, 0.25) is 0 Å². The predicted molar refractivity (Wildman–Crippen MR) is 55.3 cm³/mol. The number of rotatable bonds is 4. The number of amides is 1. The van der Waals surface area contributed by atoms with E-state index in [2.05, 4.69) is 11.9 Å². The van der Waals surface area contributed by atoms with Crippen molar-refractivity contribution in [3.8, 4) is 0 Å². The molecule has 0 aromatic heterocycles. The van der Waals surface area contributed by atoms with Crippen LogP contribution in [0.25, 0.3) is 0 Å². The molecule has 0 saturated heterocycles. The molecule has 13 heavy (non-hydrogen) atoms. The maximum atomic E-state index is 10.9. The number of carbonyl (C=O) groups excluding carboxylic acids is 1. The van der Waals surface area contributed by atoms with Crippen molar-refractivity contribution in [1.82, 2.24) is 5.32 Å². The highest BCUT2D eigenvalue weighted by Gasteiger charge is 2.33. The van der Waals surface area contributed by atoms with Crippen LogP contribution in [0.1, 0.15) is 27.7 Å². The molecule has 0 aliphatic rings. The van der Waals surface area contributed by atoms with E-state index in [4.69, 9.17) is 5.73 Å². The summed E-state index contributed by atoms with van der Waals surface area (Å²) in [6.07, 6.45) is 1.26. The molecule has 0 aromatic carbocycles. The minimum atomic E-state index is -0.318. The molecule has 3 nitrogen and oxygen atoms in total. The van der Waals surface area contributed by atoms with Crippen molar-refractivity contribution in [2.45, 2.75) is 33.2 Å². The smallest absolute Gasteiger partial charge is 0.243 e. The number of nitrogens with one attached hydrogen (secondary N) is 1. The molecule has 1 amide bonds. The molecule has 3 N–H and O–H groups in total. The summed E-state index contributed by atoms with van der Waals surface area (Å²) in [5, 5.41) is 2.74. The first kappa shape index (κ1) is 12.2. The van der Waals surface area contributed by atoms with E-state index in [1.807, 2.05) is 27.7 Å². The van der Waals surface area contributed by atoms with Crippen molar-refractivity contribution < 1.29 is 4.79 Å². The van der Waals surface area contributed by atoms with Crippen LogP contribution in [-0.4, -0.2) is 18.0 Å². The van der Waals surface area contributed by atoms with E-state index in [0.29, 0.717) is 6.54 Å². The van der Waals surface area contributed by atoms with Crippen LogP contribution < -0.4 is 11.1 Å². The van der Waals surface area contributed by atoms with Crippen molar-refractivity contribution in [3.05, 3.63) is 12.7 Å². The van der Waals surface area contributed by atoms with Gasteiger partial charge in [0.25, 0.3) is 0 Å². The van der Waals surface area contributed by atoms with Crippen LogP contribution in [0, 0.1) is 5.41 Å². The highest BCUT2D eigenvalue weighted by Crippen LogP contribution is 2.26. The second kappa shape index (κ2) is 3.92. The Balaban J connectivity index is 4.19. The van der Waals surface area contributed by atoms with Gasteiger partial charge >= 0.3 is 0 Å².